The van der Waals surface area contributed by atoms with E-state index in [0.29, 0.717) is 11.5 Å². The monoisotopic (exact) mass is 336 g/mol. The molecule has 106 valence electrons. The summed E-state index contributed by atoms with van der Waals surface area (Å²) in [5, 5.41) is 0. The molecule has 0 saturated heterocycles. The minimum atomic E-state index is -0.602. The number of rotatable bonds is 9. The Morgan fingerprint density at radius 3 is 1.56 bits per heavy atom. The zero-order chi connectivity index (χ0) is 14.0. The molecule has 2 atom stereocenters. The van der Waals surface area contributed by atoms with Gasteiger partial charge in [-0.15, -0.1) is 0 Å². The fraction of sp³-hybridized carbons (Fsp3) is 0.750. The maximum Gasteiger partial charge on any atom is 0.325 e. The third-order valence-electron chi connectivity index (χ3n) is 1.79. The van der Waals surface area contributed by atoms with Crippen molar-refractivity contribution in [3.63, 3.8) is 0 Å². The molecule has 0 bridgehead atoms. The van der Waals surface area contributed by atoms with Gasteiger partial charge in [0.25, 0.3) is 0 Å². The summed E-state index contributed by atoms with van der Waals surface area (Å²) in [6.07, 6.45) is 0. The molecule has 0 heterocycles. The molecule has 0 aromatic rings. The fourth-order valence-corrected chi connectivity index (χ4v) is 3.62. The first-order chi connectivity index (χ1) is 8.60. The normalized spacial score (nSPS) is 13.8. The van der Waals surface area contributed by atoms with E-state index in [2.05, 4.69) is 19.1 Å². The Balaban J connectivity index is 3.89. The zero-order valence-electron chi connectivity index (χ0n) is 9.77. The van der Waals surface area contributed by atoms with Crippen molar-refractivity contribution in [2.45, 2.75) is 12.1 Å². The van der Waals surface area contributed by atoms with Gasteiger partial charge in [-0.2, -0.15) is 0 Å². The predicted molar refractivity (Wildman–Crippen MR) is 74.5 cm³/mol. The molecule has 0 spiro atoms. The van der Waals surface area contributed by atoms with Crippen molar-refractivity contribution in [3.8, 4) is 0 Å². The molecule has 0 aliphatic heterocycles. The largest absolute Gasteiger partial charge is 0.468 e. The maximum atomic E-state index is 11.2. The molecular formula is C8H14Cl2N2O4S2. The Kier molecular flexibility index (Phi) is 11.1. The molecular weight excluding hydrogens is 323 g/mol. The third kappa shape index (κ3) is 6.91. The van der Waals surface area contributed by atoms with Crippen molar-refractivity contribution in [3.05, 3.63) is 0 Å². The Hall–Kier alpha value is 0.140. The van der Waals surface area contributed by atoms with Gasteiger partial charge < -0.3 is 9.47 Å². The smallest absolute Gasteiger partial charge is 0.325 e. The van der Waals surface area contributed by atoms with E-state index < -0.39 is 24.0 Å². The first-order valence-corrected chi connectivity index (χ1v) is 7.97. The average Bonchev–Trinajstić information content (AvgIpc) is 2.41. The number of methoxy groups -OCH3 is 2. The van der Waals surface area contributed by atoms with Gasteiger partial charge in [-0.1, -0.05) is 21.6 Å². The third-order valence-corrected chi connectivity index (χ3v) is 4.74. The number of esters is 2. The zero-order valence-corrected chi connectivity index (χ0v) is 12.9. The van der Waals surface area contributed by atoms with Crippen molar-refractivity contribution >= 4 is 57.1 Å². The van der Waals surface area contributed by atoms with Crippen LogP contribution in [0, 0.1) is 0 Å². The summed E-state index contributed by atoms with van der Waals surface area (Å²) in [5.41, 5.74) is 0. The molecule has 0 aromatic heterocycles. The van der Waals surface area contributed by atoms with Crippen molar-refractivity contribution < 1.29 is 19.1 Å². The predicted octanol–water partition coefficient (Wildman–Crippen LogP) is 0.938. The summed E-state index contributed by atoms with van der Waals surface area (Å²) in [6, 6.07) is -1.20. The molecule has 0 amide bonds. The van der Waals surface area contributed by atoms with E-state index in [1.165, 1.54) is 35.8 Å². The van der Waals surface area contributed by atoms with E-state index in [0.717, 1.165) is 0 Å². The van der Waals surface area contributed by atoms with Crippen LogP contribution in [0.3, 0.4) is 0 Å². The SMILES string of the molecule is COC(=O)[C@H](CSSC[C@H](NCl)C(=O)OC)NCl. The van der Waals surface area contributed by atoms with Crippen LogP contribution in [0.2, 0.25) is 0 Å². The molecule has 2 N–H and O–H groups in total. The van der Waals surface area contributed by atoms with Gasteiger partial charge in [0.2, 0.25) is 0 Å². The van der Waals surface area contributed by atoms with Gasteiger partial charge in [0.1, 0.15) is 12.1 Å². The van der Waals surface area contributed by atoms with Gasteiger partial charge in [0, 0.05) is 11.5 Å². The summed E-state index contributed by atoms with van der Waals surface area (Å²) in [4.78, 5) is 27.0. The topological polar surface area (TPSA) is 76.7 Å². The highest BCUT2D eigenvalue weighted by Gasteiger charge is 2.20. The number of hydrogen-bond acceptors (Lipinski definition) is 8. The van der Waals surface area contributed by atoms with E-state index >= 15 is 0 Å². The summed E-state index contributed by atoms with van der Waals surface area (Å²) in [6.45, 7) is 0. The molecule has 0 fully saturated rings. The summed E-state index contributed by atoms with van der Waals surface area (Å²) in [7, 11) is 5.30. The Morgan fingerprint density at radius 2 is 1.33 bits per heavy atom. The quantitative estimate of drug-likeness (QED) is 0.279. The Morgan fingerprint density at radius 1 is 1.00 bits per heavy atom. The number of carbonyl (C=O) groups is 2. The number of nitrogens with one attached hydrogen (secondary N) is 2. The van der Waals surface area contributed by atoms with Crippen LogP contribution in [0.15, 0.2) is 0 Å². The van der Waals surface area contributed by atoms with Crippen molar-refractivity contribution in [1.82, 2.24) is 9.67 Å². The molecule has 0 saturated carbocycles. The van der Waals surface area contributed by atoms with E-state index in [1.54, 1.807) is 0 Å². The van der Waals surface area contributed by atoms with Crippen LogP contribution in [-0.4, -0.2) is 49.7 Å². The van der Waals surface area contributed by atoms with Gasteiger partial charge in [0.05, 0.1) is 14.2 Å². The fourth-order valence-electron chi connectivity index (χ4n) is 0.805. The molecule has 10 heteroatoms. The second-order valence-electron chi connectivity index (χ2n) is 2.94. The standard InChI is InChI=1S/C8H14Cl2N2O4S2/c1-15-7(13)5(11-9)3-17-18-4-6(12-10)8(14)16-2/h5-6,11-12H,3-4H2,1-2H3/t5-,6-/m0/s1. The Labute approximate surface area is 123 Å². The van der Waals surface area contributed by atoms with Gasteiger partial charge in [0.15, 0.2) is 0 Å². The minimum absolute atomic E-state index is 0.400. The summed E-state index contributed by atoms with van der Waals surface area (Å²) in [5.74, 6) is -0.0928. The van der Waals surface area contributed by atoms with E-state index in [-0.39, 0.29) is 0 Å². The average molecular weight is 337 g/mol. The van der Waals surface area contributed by atoms with Crippen LogP contribution in [0.4, 0.5) is 0 Å². The van der Waals surface area contributed by atoms with Crippen LogP contribution in [0.5, 0.6) is 0 Å². The van der Waals surface area contributed by atoms with E-state index in [4.69, 9.17) is 23.6 Å². The highest BCUT2D eigenvalue weighted by atomic mass is 35.5. The molecule has 0 unspecified atom stereocenters. The lowest BCUT2D eigenvalue weighted by atomic mass is 10.4. The van der Waals surface area contributed by atoms with E-state index in [9.17, 15) is 9.59 Å². The summed E-state index contributed by atoms with van der Waals surface area (Å²) < 4.78 is 9.08. The maximum absolute atomic E-state index is 11.2. The molecule has 6 nitrogen and oxygen atoms in total. The van der Waals surface area contributed by atoms with Crippen LogP contribution < -0.4 is 9.67 Å². The van der Waals surface area contributed by atoms with Crippen LogP contribution >= 0.6 is 45.1 Å². The van der Waals surface area contributed by atoms with Crippen LogP contribution in [-0.2, 0) is 19.1 Å². The minimum Gasteiger partial charge on any atom is -0.468 e. The van der Waals surface area contributed by atoms with Crippen molar-refractivity contribution in [1.29, 1.82) is 0 Å². The van der Waals surface area contributed by atoms with Crippen LogP contribution in [0.1, 0.15) is 0 Å². The molecule has 0 aliphatic rings. The molecule has 0 rings (SSSR count). The first kappa shape index (κ1) is 18.1. The Bertz CT molecular complexity index is 247. The number of carbonyl (C=O) groups excluding carboxylic acids is 2. The van der Waals surface area contributed by atoms with Crippen molar-refractivity contribution in [2.24, 2.45) is 0 Å². The highest BCUT2D eigenvalue weighted by Crippen LogP contribution is 2.23. The van der Waals surface area contributed by atoms with Crippen LogP contribution in [0.25, 0.3) is 0 Å². The number of ether oxygens (including phenoxy) is 2. The lowest BCUT2D eigenvalue weighted by Gasteiger charge is -2.13. The molecule has 0 aromatic carbocycles. The van der Waals surface area contributed by atoms with Gasteiger partial charge in [-0.3, -0.25) is 9.59 Å². The second-order valence-corrected chi connectivity index (χ2v) is 5.93. The van der Waals surface area contributed by atoms with E-state index in [1.807, 2.05) is 0 Å². The highest BCUT2D eigenvalue weighted by molar-refractivity contribution is 8.76. The van der Waals surface area contributed by atoms with Gasteiger partial charge >= 0.3 is 11.9 Å². The summed E-state index contributed by atoms with van der Waals surface area (Å²) >= 11 is 10.8. The number of halogens is 2. The second kappa shape index (κ2) is 11.0. The lowest BCUT2D eigenvalue weighted by Crippen LogP contribution is -2.35. The molecule has 18 heavy (non-hydrogen) atoms. The van der Waals surface area contributed by atoms with Gasteiger partial charge in [-0.05, 0) is 23.6 Å². The number of hydrogen-bond donors (Lipinski definition) is 2. The molecule has 0 aliphatic carbocycles. The lowest BCUT2D eigenvalue weighted by molar-refractivity contribution is -0.142. The van der Waals surface area contributed by atoms with Crippen molar-refractivity contribution in [2.75, 3.05) is 25.7 Å². The van der Waals surface area contributed by atoms with Gasteiger partial charge in [-0.25, -0.2) is 9.67 Å². The first-order valence-electron chi connectivity index (χ1n) is 4.73. The molecule has 0 radical (unpaired) electrons.